The van der Waals surface area contributed by atoms with Crippen LogP contribution in [0.25, 0.3) is 0 Å². The number of benzene rings is 1. The summed E-state index contributed by atoms with van der Waals surface area (Å²) < 4.78 is 0. The minimum Gasteiger partial charge on any atom is -0.328 e. The van der Waals surface area contributed by atoms with Gasteiger partial charge in [-0.25, -0.2) is 0 Å². The molecule has 64 valence electrons. The molecule has 0 aromatic heterocycles. The number of rotatable bonds is 4. The lowest BCUT2D eigenvalue weighted by Gasteiger charge is -2.05. The molecule has 0 saturated carbocycles. The summed E-state index contributed by atoms with van der Waals surface area (Å²) in [6.45, 7) is 2.12. The third-order valence-electron chi connectivity index (χ3n) is 1.75. The van der Waals surface area contributed by atoms with Gasteiger partial charge in [-0.1, -0.05) is 31.5 Å². The molecule has 1 N–H and O–H groups in total. The van der Waals surface area contributed by atoms with E-state index < -0.39 is 0 Å². The Balaban J connectivity index is 2.83. The maximum absolute atomic E-state index is 10.2. The normalized spacial score (nSPS) is 9.42. The fraction of sp³-hybridized carbons (Fsp3) is 0.300. The summed E-state index contributed by atoms with van der Waals surface area (Å²) in [7, 11) is 0. The summed E-state index contributed by atoms with van der Waals surface area (Å²) >= 11 is 0. The van der Waals surface area contributed by atoms with E-state index in [1.807, 2.05) is 24.3 Å². The molecular weight excluding hydrogens is 150 g/mol. The van der Waals surface area contributed by atoms with Crippen LogP contribution in [0.3, 0.4) is 0 Å². The molecule has 0 bridgehead atoms. The van der Waals surface area contributed by atoms with Crippen LogP contribution in [0, 0.1) is 0 Å². The Bertz CT molecular complexity index is 258. The average Bonchev–Trinajstić information content (AvgIpc) is 2.09. The van der Waals surface area contributed by atoms with Crippen molar-refractivity contribution in [3.63, 3.8) is 0 Å². The molecule has 2 heteroatoms. The van der Waals surface area contributed by atoms with Gasteiger partial charge in [0.25, 0.3) is 0 Å². The Hall–Kier alpha value is -1.31. The molecule has 0 saturated heterocycles. The van der Waals surface area contributed by atoms with E-state index in [9.17, 15) is 4.79 Å². The van der Waals surface area contributed by atoms with Gasteiger partial charge in [0.2, 0.25) is 6.41 Å². The first kappa shape index (κ1) is 8.78. The van der Waals surface area contributed by atoms with Crippen molar-refractivity contribution in [1.82, 2.24) is 0 Å². The highest BCUT2D eigenvalue weighted by Crippen LogP contribution is 2.15. The number of anilines is 1. The molecular formula is C10H13NO. The van der Waals surface area contributed by atoms with E-state index >= 15 is 0 Å². The molecule has 0 spiro atoms. The average molecular weight is 163 g/mol. The predicted octanol–water partition coefficient (Wildman–Crippen LogP) is 2.21. The molecule has 1 rings (SSSR count). The van der Waals surface area contributed by atoms with Crippen molar-refractivity contribution < 1.29 is 4.79 Å². The lowest BCUT2D eigenvalue weighted by atomic mass is 10.1. The Morgan fingerprint density at radius 3 is 2.83 bits per heavy atom. The highest BCUT2D eigenvalue weighted by Gasteiger charge is 1.97. The molecule has 0 aliphatic carbocycles. The quantitative estimate of drug-likeness (QED) is 0.677. The molecule has 0 heterocycles. The van der Waals surface area contributed by atoms with Crippen LogP contribution < -0.4 is 5.32 Å². The molecule has 1 aromatic carbocycles. The third-order valence-corrected chi connectivity index (χ3v) is 1.75. The van der Waals surface area contributed by atoms with E-state index in [-0.39, 0.29) is 0 Å². The number of hydrogen-bond donors (Lipinski definition) is 1. The number of carbonyl (C=O) groups is 1. The van der Waals surface area contributed by atoms with Crippen LogP contribution in [-0.4, -0.2) is 6.41 Å². The number of hydrogen-bond acceptors (Lipinski definition) is 1. The number of carbonyl (C=O) groups excluding carboxylic acids is 1. The standard InChI is InChI=1S/C10H13NO/c1-2-5-9-6-3-4-7-10(9)11-8-12/h3-4,6-8H,2,5H2,1H3,(H,11,12). The first-order valence-electron chi connectivity index (χ1n) is 4.16. The van der Waals surface area contributed by atoms with E-state index in [1.165, 1.54) is 5.56 Å². The van der Waals surface area contributed by atoms with Gasteiger partial charge >= 0.3 is 0 Å². The van der Waals surface area contributed by atoms with Crippen molar-refractivity contribution in [2.45, 2.75) is 19.8 Å². The molecule has 1 aromatic rings. The maximum Gasteiger partial charge on any atom is 0.211 e. The number of para-hydroxylation sites is 1. The summed E-state index contributed by atoms with van der Waals surface area (Å²) in [5.41, 5.74) is 2.13. The largest absolute Gasteiger partial charge is 0.328 e. The van der Waals surface area contributed by atoms with Crippen molar-refractivity contribution in [3.05, 3.63) is 29.8 Å². The van der Waals surface area contributed by atoms with Gasteiger partial charge in [-0.05, 0) is 18.1 Å². The third kappa shape index (κ3) is 2.09. The van der Waals surface area contributed by atoms with Gasteiger partial charge in [-0.2, -0.15) is 0 Å². The SMILES string of the molecule is CCCc1ccccc1NC=O. The molecule has 0 fully saturated rings. The Morgan fingerprint density at radius 1 is 1.42 bits per heavy atom. The summed E-state index contributed by atoms with van der Waals surface area (Å²) in [6, 6.07) is 7.86. The predicted molar refractivity (Wildman–Crippen MR) is 50.1 cm³/mol. The number of aryl methyl sites for hydroxylation is 1. The highest BCUT2D eigenvalue weighted by molar-refractivity contribution is 5.73. The molecule has 0 aliphatic rings. The fourth-order valence-corrected chi connectivity index (χ4v) is 1.21. The van der Waals surface area contributed by atoms with Crippen LogP contribution in [-0.2, 0) is 11.2 Å². The van der Waals surface area contributed by atoms with Crippen molar-refractivity contribution in [2.24, 2.45) is 0 Å². The second-order valence-electron chi connectivity index (χ2n) is 2.67. The minimum atomic E-state index is 0.717. The lowest BCUT2D eigenvalue weighted by molar-refractivity contribution is -0.105. The minimum absolute atomic E-state index is 0.717. The van der Waals surface area contributed by atoms with Gasteiger partial charge in [0.05, 0.1) is 0 Å². The highest BCUT2D eigenvalue weighted by atomic mass is 16.1. The smallest absolute Gasteiger partial charge is 0.211 e. The summed E-state index contributed by atoms with van der Waals surface area (Å²) in [6.07, 6.45) is 2.82. The molecule has 2 nitrogen and oxygen atoms in total. The molecule has 0 unspecified atom stereocenters. The first-order valence-corrected chi connectivity index (χ1v) is 4.16. The van der Waals surface area contributed by atoms with Crippen LogP contribution in [0.5, 0.6) is 0 Å². The topological polar surface area (TPSA) is 29.1 Å². The van der Waals surface area contributed by atoms with Crippen molar-refractivity contribution in [2.75, 3.05) is 5.32 Å². The first-order chi connectivity index (χ1) is 5.88. The summed E-state index contributed by atoms with van der Waals surface area (Å²) in [5.74, 6) is 0. The van der Waals surface area contributed by atoms with Crippen LogP contribution in [0.1, 0.15) is 18.9 Å². The molecule has 0 radical (unpaired) electrons. The van der Waals surface area contributed by atoms with Gasteiger partial charge in [0, 0.05) is 5.69 Å². The molecule has 0 aliphatic heterocycles. The van der Waals surface area contributed by atoms with E-state index in [0.717, 1.165) is 18.5 Å². The van der Waals surface area contributed by atoms with Crippen LogP contribution in [0.4, 0.5) is 5.69 Å². The fourth-order valence-electron chi connectivity index (χ4n) is 1.21. The van der Waals surface area contributed by atoms with Crippen molar-refractivity contribution in [1.29, 1.82) is 0 Å². The zero-order valence-corrected chi connectivity index (χ0v) is 7.21. The van der Waals surface area contributed by atoms with Gasteiger partial charge in [0.15, 0.2) is 0 Å². The van der Waals surface area contributed by atoms with E-state index in [0.29, 0.717) is 6.41 Å². The monoisotopic (exact) mass is 163 g/mol. The zero-order valence-electron chi connectivity index (χ0n) is 7.21. The maximum atomic E-state index is 10.2. The Morgan fingerprint density at radius 2 is 2.17 bits per heavy atom. The zero-order chi connectivity index (χ0) is 8.81. The van der Waals surface area contributed by atoms with Gasteiger partial charge < -0.3 is 5.32 Å². The van der Waals surface area contributed by atoms with E-state index in [2.05, 4.69) is 12.2 Å². The number of nitrogens with one attached hydrogen (secondary N) is 1. The summed E-state index contributed by atoms with van der Waals surface area (Å²) in [5, 5.41) is 2.68. The number of amides is 1. The summed E-state index contributed by atoms with van der Waals surface area (Å²) in [4.78, 5) is 10.2. The van der Waals surface area contributed by atoms with Crippen molar-refractivity contribution in [3.8, 4) is 0 Å². The molecule has 0 atom stereocenters. The van der Waals surface area contributed by atoms with E-state index in [4.69, 9.17) is 0 Å². The van der Waals surface area contributed by atoms with Crippen LogP contribution in [0.2, 0.25) is 0 Å². The van der Waals surface area contributed by atoms with Gasteiger partial charge in [0.1, 0.15) is 0 Å². The lowest BCUT2D eigenvalue weighted by Crippen LogP contribution is -1.98. The van der Waals surface area contributed by atoms with E-state index in [1.54, 1.807) is 0 Å². The Kier molecular flexibility index (Phi) is 3.33. The van der Waals surface area contributed by atoms with Gasteiger partial charge in [-0.15, -0.1) is 0 Å². The van der Waals surface area contributed by atoms with Gasteiger partial charge in [-0.3, -0.25) is 4.79 Å². The molecule has 12 heavy (non-hydrogen) atoms. The second-order valence-corrected chi connectivity index (χ2v) is 2.67. The van der Waals surface area contributed by atoms with Crippen LogP contribution in [0.15, 0.2) is 24.3 Å². The molecule has 1 amide bonds. The second kappa shape index (κ2) is 4.54. The Labute approximate surface area is 72.6 Å². The van der Waals surface area contributed by atoms with Crippen molar-refractivity contribution >= 4 is 12.1 Å². The van der Waals surface area contributed by atoms with Crippen LogP contribution >= 0.6 is 0 Å².